The third-order valence-electron chi connectivity index (χ3n) is 4.85. The Bertz CT molecular complexity index is 703. The van der Waals surface area contributed by atoms with Crippen molar-refractivity contribution in [3.63, 3.8) is 0 Å². The number of rotatable bonds is 7. The van der Waals surface area contributed by atoms with Crippen molar-refractivity contribution in [3.8, 4) is 11.5 Å². The van der Waals surface area contributed by atoms with E-state index in [9.17, 15) is 4.79 Å². The van der Waals surface area contributed by atoms with Gasteiger partial charge >= 0.3 is 6.03 Å². The summed E-state index contributed by atoms with van der Waals surface area (Å²) in [7, 11) is 1.73. The van der Waals surface area contributed by atoms with Crippen LogP contribution in [0.25, 0.3) is 0 Å². The molecule has 144 valence electrons. The van der Waals surface area contributed by atoms with Crippen LogP contribution in [0.2, 0.25) is 0 Å². The number of carbonyl (C=O) groups is 1. The van der Waals surface area contributed by atoms with Crippen LogP contribution in [0.5, 0.6) is 11.5 Å². The Morgan fingerprint density at radius 3 is 2.59 bits per heavy atom. The van der Waals surface area contributed by atoms with Crippen molar-refractivity contribution in [1.29, 1.82) is 0 Å². The highest BCUT2D eigenvalue weighted by Crippen LogP contribution is 2.24. The van der Waals surface area contributed by atoms with Gasteiger partial charge in [0.1, 0.15) is 11.5 Å². The first kappa shape index (κ1) is 19.2. The molecule has 0 aliphatic carbocycles. The Kier molecular flexibility index (Phi) is 7.11. The number of likely N-dealkylation sites (tertiary alicyclic amines) is 1. The molecule has 1 aliphatic rings. The molecule has 1 fully saturated rings. The van der Waals surface area contributed by atoms with Crippen molar-refractivity contribution < 1.29 is 14.3 Å². The van der Waals surface area contributed by atoms with Gasteiger partial charge in [-0.05, 0) is 68.0 Å². The van der Waals surface area contributed by atoms with Crippen LogP contribution in [0.3, 0.4) is 0 Å². The number of nitrogens with one attached hydrogen (secondary N) is 1. The number of benzene rings is 2. The summed E-state index contributed by atoms with van der Waals surface area (Å²) < 4.78 is 10.9. The molecular weight excluding hydrogens is 340 g/mol. The first-order valence-corrected chi connectivity index (χ1v) is 9.62. The van der Waals surface area contributed by atoms with E-state index in [0.717, 1.165) is 56.1 Å². The SMILES string of the molecule is COCCCC1CCCN(C(=O)Nc2ccc(Oc3ccccc3)cc2)C1. The van der Waals surface area contributed by atoms with Crippen LogP contribution < -0.4 is 10.1 Å². The van der Waals surface area contributed by atoms with Gasteiger partial charge in [0.25, 0.3) is 0 Å². The molecule has 0 saturated carbocycles. The Morgan fingerprint density at radius 1 is 1.11 bits per heavy atom. The molecule has 0 radical (unpaired) electrons. The number of piperidine rings is 1. The Hall–Kier alpha value is -2.53. The van der Waals surface area contributed by atoms with E-state index in [-0.39, 0.29) is 6.03 Å². The van der Waals surface area contributed by atoms with Gasteiger partial charge in [0.2, 0.25) is 0 Å². The summed E-state index contributed by atoms with van der Waals surface area (Å²) in [5.41, 5.74) is 0.780. The minimum absolute atomic E-state index is 0.0248. The van der Waals surface area contributed by atoms with Gasteiger partial charge in [-0.1, -0.05) is 18.2 Å². The zero-order chi connectivity index (χ0) is 18.9. The lowest BCUT2D eigenvalue weighted by Gasteiger charge is -2.32. The molecule has 2 amide bonds. The van der Waals surface area contributed by atoms with Gasteiger partial charge in [-0.15, -0.1) is 0 Å². The van der Waals surface area contributed by atoms with Gasteiger partial charge in [0, 0.05) is 32.5 Å². The number of hydrogen-bond donors (Lipinski definition) is 1. The number of amides is 2. The van der Waals surface area contributed by atoms with Gasteiger partial charge in [-0.2, -0.15) is 0 Å². The average molecular weight is 368 g/mol. The minimum Gasteiger partial charge on any atom is -0.457 e. The second kappa shape index (κ2) is 9.97. The number of anilines is 1. The van der Waals surface area contributed by atoms with E-state index in [1.165, 1.54) is 6.42 Å². The fourth-order valence-corrected chi connectivity index (χ4v) is 3.43. The van der Waals surface area contributed by atoms with E-state index in [1.54, 1.807) is 7.11 Å². The van der Waals surface area contributed by atoms with Crippen LogP contribution >= 0.6 is 0 Å². The molecule has 2 aromatic carbocycles. The van der Waals surface area contributed by atoms with E-state index in [4.69, 9.17) is 9.47 Å². The summed E-state index contributed by atoms with van der Waals surface area (Å²) in [6.07, 6.45) is 4.43. The summed E-state index contributed by atoms with van der Waals surface area (Å²) >= 11 is 0. The summed E-state index contributed by atoms with van der Waals surface area (Å²) in [6.45, 7) is 2.44. The fourth-order valence-electron chi connectivity index (χ4n) is 3.43. The van der Waals surface area contributed by atoms with Gasteiger partial charge in [0.15, 0.2) is 0 Å². The Balaban J connectivity index is 1.50. The van der Waals surface area contributed by atoms with E-state index in [0.29, 0.717) is 5.92 Å². The zero-order valence-electron chi connectivity index (χ0n) is 15.9. The number of nitrogens with zero attached hydrogens (tertiary/aromatic N) is 1. The predicted octanol–water partition coefficient (Wildman–Crippen LogP) is 5.15. The monoisotopic (exact) mass is 368 g/mol. The molecule has 1 atom stereocenters. The van der Waals surface area contributed by atoms with Crippen molar-refractivity contribution in [2.75, 3.05) is 32.1 Å². The number of urea groups is 1. The predicted molar refractivity (Wildman–Crippen MR) is 107 cm³/mol. The normalized spacial score (nSPS) is 16.8. The van der Waals surface area contributed by atoms with E-state index >= 15 is 0 Å². The summed E-state index contributed by atoms with van der Waals surface area (Å²) in [6, 6.07) is 17.1. The Morgan fingerprint density at radius 2 is 1.85 bits per heavy atom. The van der Waals surface area contributed by atoms with Gasteiger partial charge in [0.05, 0.1) is 0 Å². The van der Waals surface area contributed by atoms with Crippen LogP contribution in [0.15, 0.2) is 54.6 Å². The molecule has 1 unspecified atom stereocenters. The lowest BCUT2D eigenvalue weighted by molar-refractivity contribution is 0.156. The maximum atomic E-state index is 12.6. The lowest BCUT2D eigenvalue weighted by Crippen LogP contribution is -2.42. The molecule has 1 heterocycles. The highest BCUT2D eigenvalue weighted by atomic mass is 16.5. The van der Waals surface area contributed by atoms with Crippen molar-refractivity contribution in [3.05, 3.63) is 54.6 Å². The van der Waals surface area contributed by atoms with E-state index in [1.807, 2.05) is 59.5 Å². The highest BCUT2D eigenvalue weighted by Gasteiger charge is 2.23. The molecule has 27 heavy (non-hydrogen) atoms. The number of carbonyl (C=O) groups excluding carboxylic acids is 1. The van der Waals surface area contributed by atoms with Crippen molar-refractivity contribution >= 4 is 11.7 Å². The molecule has 5 nitrogen and oxygen atoms in total. The van der Waals surface area contributed by atoms with Crippen LogP contribution in [-0.2, 0) is 4.74 Å². The largest absolute Gasteiger partial charge is 0.457 e. The quantitative estimate of drug-likeness (QED) is 0.688. The standard InChI is InChI=1S/C22H28N2O3/c1-26-16-6-8-18-7-5-15-24(17-18)22(25)23-19-11-13-21(14-12-19)27-20-9-3-2-4-10-20/h2-4,9-14,18H,5-8,15-17H2,1H3,(H,23,25). The molecule has 0 aromatic heterocycles. The first-order valence-electron chi connectivity index (χ1n) is 9.62. The minimum atomic E-state index is -0.0248. The number of para-hydroxylation sites is 1. The first-order chi connectivity index (χ1) is 13.2. The number of ether oxygens (including phenoxy) is 2. The molecule has 0 bridgehead atoms. The Labute approximate surface area is 161 Å². The summed E-state index contributed by atoms with van der Waals surface area (Å²) in [5, 5.41) is 3.00. The molecule has 1 N–H and O–H groups in total. The van der Waals surface area contributed by atoms with E-state index < -0.39 is 0 Å². The highest BCUT2D eigenvalue weighted by molar-refractivity contribution is 5.89. The second-order valence-electron chi connectivity index (χ2n) is 6.96. The molecule has 3 rings (SSSR count). The van der Waals surface area contributed by atoms with Crippen LogP contribution in [0.4, 0.5) is 10.5 Å². The summed E-state index contributed by atoms with van der Waals surface area (Å²) in [4.78, 5) is 14.5. The zero-order valence-corrected chi connectivity index (χ0v) is 15.9. The van der Waals surface area contributed by atoms with Crippen molar-refractivity contribution in [2.24, 2.45) is 5.92 Å². The molecule has 0 spiro atoms. The topological polar surface area (TPSA) is 50.8 Å². The van der Waals surface area contributed by atoms with Gasteiger partial charge < -0.3 is 19.7 Å². The van der Waals surface area contributed by atoms with Crippen molar-refractivity contribution in [1.82, 2.24) is 4.90 Å². The van der Waals surface area contributed by atoms with E-state index in [2.05, 4.69) is 5.32 Å². The maximum absolute atomic E-state index is 12.6. The maximum Gasteiger partial charge on any atom is 0.321 e. The lowest BCUT2D eigenvalue weighted by atomic mass is 9.94. The number of hydrogen-bond acceptors (Lipinski definition) is 3. The summed E-state index contributed by atoms with van der Waals surface area (Å²) in [5.74, 6) is 2.11. The molecular formula is C22H28N2O3. The smallest absolute Gasteiger partial charge is 0.321 e. The van der Waals surface area contributed by atoms with Crippen LogP contribution in [0.1, 0.15) is 25.7 Å². The molecule has 2 aromatic rings. The van der Waals surface area contributed by atoms with Gasteiger partial charge in [-0.3, -0.25) is 0 Å². The van der Waals surface area contributed by atoms with Crippen LogP contribution in [0, 0.1) is 5.92 Å². The van der Waals surface area contributed by atoms with Crippen LogP contribution in [-0.4, -0.2) is 37.7 Å². The van der Waals surface area contributed by atoms with Gasteiger partial charge in [-0.25, -0.2) is 4.79 Å². The second-order valence-corrected chi connectivity index (χ2v) is 6.96. The fraction of sp³-hybridized carbons (Fsp3) is 0.409. The molecule has 1 aliphatic heterocycles. The average Bonchev–Trinajstić information content (AvgIpc) is 2.71. The molecule has 5 heteroatoms. The third kappa shape index (κ3) is 6.00. The third-order valence-corrected chi connectivity index (χ3v) is 4.85. The molecule has 1 saturated heterocycles. The van der Waals surface area contributed by atoms with Crippen molar-refractivity contribution in [2.45, 2.75) is 25.7 Å². The number of methoxy groups -OCH3 is 1.